The quantitative estimate of drug-likeness (QED) is 0.664. The third kappa shape index (κ3) is 2.00. The van der Waals surface area contributed by atoms with Crippen LogP contribution < -0.4 is 5.73 Å². The number of nitrogens with two attached hydrogens (primary N) is 1. The van der Waals surface area contributed by atoms with E-state index < -0.39 is 11.5 Å². The first-order valence-corrected chi connectivity index (χ1v) is 4.70. The van der Waals surface area contributed by atoms with Gasteiger partial charge >= 0.3 is 5.97 Å². The van der Waals surface area contributed by atoms with Gasteiger partial charge in [0.15, 0.2) is 0 Å². The van der Waals surface area contributed by atoms with E-state index in [-0.39, 0.29) is 12.5 Å². The molecule has 76 valence electrons. The highest BCUT2D eigenvalue weighted by Crippen LogP contribution is 2.30. The minimum absolute atomic E-state index is 0.0792. The van der Waals surface area contributed by atoms with Crippen molar-refractivity contribution < 1.29 is 9.90 Å². The number of carboxylic acid groups (broad SMARTS) is 1. The molecule has 2 atom stereocenters. The van der Waals surface area contributed by atoms with E-state index in [1.165, 1.54) is 0 Å². The van der Waals surface area contributed by atoms with Gasteiger partial charge in [-0.05, 0) is 19.9 Å². The van der Waals surface area contributed by atoms with Crippen LogP contribution in [0.15, 0.2) is 0 Å². The van der Waals surface area contributed by atoms with Crippen molar-refractivity contribution in [2.24, 2.45) is 5.73 Å². The molecule has 0 spiro atoms. The molecule has 4 nitrogen and oxygen atoms in total. The summed E-state index contributed by atoms with van der Waals surface area (Å²) in [6, 6.07) is 0.212. The number of carboxylic acids is 1. The summed E-state index contributed by atoms with van der Waals surface area (Å²) in [5, 5.41) is 8.74. The molecule has 3 N–H and O–H groups in total. The molecule has 0 aromatic rings. The molecule has 1 heterocycles. The van der Waals surface area contributed by atoms with Crippen molar-refractivity contribution in [1.82, 2.24) is 4.90 Å². The van der Waals surface area contributed by atoms with Crippen LogP contribution in [-0.4, -0.2) is 41.1 Å². The zero-order valence-electron chi connectivity index (χ0n) is 8.29. The zero-order chi connectivity index (χ0) is 10.1. The topological polar surface area (TPSA) is 66.6 Å². The summed E-state index contributed by atoms with van der Waals surface area (Å²) in [6.07, 6.45) is 1.78. The Labute approximate surface area is 78.7 Å². The van der Waals surface area contributed by atoms with Gasteiger partial charge < -0.3 is 15.7 Å². The highest BCUT2D eigenvalue weighted by molar-refractivity contribution is 5.68. The second kappa shape index (κ2) is 3.64. The second-order valence-corrected chi connectivity index (χ2v) is 3.96. The lowest BCUT2D eigenvalue weighted by molar-refractivity contribution is -0.138. The Balaban J connectivity index is 2.71. The van der Waals surface area contributed by atoms with Crippen LogP contribution in [0.25, 0.3) is 0 Å². The van der Waals surface area contributed by atoms with Crippen molar-refractivity contribution in [3.05, 3.63) is 0 Å². The van der Waals surface area contributed by atoms with E-state index >= 15 is 0 Å². The summed E-state index contributed by atoms with van der Waals surface area (Å²) in [5.41, 5.74) is 5.56. The first-order valence-electron chi connectivity index (χ1n) is 4.70. The molecule has 13 heavy (non-hydrogen) atoms. The fourth-order valence-corrected chi connectivity index (χ4v) is 2.35. The first-order chi connectivity index (χ1) is 5.99. The Morgan fingerprint density at radius 3 is 2.85 bits per heavy atom. The van der Waals surface area contributed by atoms with E-state index in [9.17, 15) is 4.79 Å². The van der Waals surface area contributed by atoms with Crippen LogP contribution in [0.1, 0.15) is 26.2 Å². The molecule has 1 rings (SSSR count). The van der Waals surface area contributed by atoms with Gasteiger partial charge in [0.1, 0.15) is 0 Å². The number of carbonyl (C=O) groups is 1. The molecule has 1 aliphatic heterocycles. The SMILES string of the molecule is CCC1N(C)CCC1(N)CC(=O)O. The van der Waals surface area contributed by atoms with Gasteiger partial charge in [-0.15, -0.1) is 0 Å². The van der Waals surface area contributed by atoms with Crippen molar-refractivity contribution in [2.75, 3.05) is 13.6 Å². The van der Waals surface area contributed by atoms with Crippen LogP contribution in [0.2, 0.25) is 0 Å². The van der Waals surface area contributed by atoms with Crippen molar-refractivity contribution in [3.8, 4) is 0 Å². The molecule has 0 radical (unpaired) electrons. The minimum atomic E-state index is -0.795. The van der Waals surface area contributed by atoms with E-state index in [4.69, 9.17) is 10.8 Å². The molecule has 4 heteroatoms. The predicted octanol–water partition coefficient (Wildman–Crippen LogP) is 0.273. The highest BCUT2D eigenvalue weighted by atomic mass is 16.4. The Bertz CT molecular complexity index is 208. The van der Waals surface area contributed by atoms with Crippen LogP contribution in [0.4, 0.5) is 0 Å². The minimum Gasteiger partial charge on any atom is -0.481 e. The first kappa shape index (κ1) is 10.5. The third-order valence-electron chi connectivity index (χ3n) is 2.99. The maximum atomic E-state index is 10.6. The standard InChI is InChI=1S/C9H18N2O2/c1-3-7-9(10,6-8(12)13)4-5-11(7)2/h7H,3-6,10H2,1-2H3,(H,12,13). The van der Waals surface area contributed by atoms with Crippen LogP contribution in [0.3, 0.4) is 0 Å². The molecule has 1 fully saturated rings. The van der Waals surface area contributed by atoms with E-state index in [0.717, 1.165) is 19.4 Å². The predicted molar refractivity (Wildman–Crippen MR) is 50.5 cm³/mol. The fraction of sp³-hybridized carbons (Fsp3) is 0.889. The summed E-state index contributed by atoms with van der Waals surface area (Å²) >= 11 is 0. The average molecular weight is 186 g/mol. The number of nitrogens with zero attached hydrogens (tertiary/aromatic N) is 1. The smallest absolute Gasteiger partial charge is 0.305 e. The van der Waals surface area contributed by atoms with Gasteiger partial charge in [0, 0.05) is 18.1 Å². The molecule has 0 aromatic heterocycles. The van der Waals surface area contributed by atoms with Gasteiger partial charge in [-0.2, -0.15) is 0 Å². The van der Waals surface area contributed by atoms with E-state index in [1.54, 1.807) is 0 Å². The molecule has 0 aliphatic carbocycles. The van der Waals surface area contributed by atoms with E-state index in [0.29, 0.717) is 0 Å². The molecule has 2 unspecified atom stereocenters. The zero-order valence-corrected chi connectivity index (χ0v) is 8.29. The third-order valence-corrected chi connectivity index (χ3v) is 2.99. The number of likely N-dealkylation sites (tertiary alicyclic amines) is 1. The Morgan fingerprint density at radius 2 is 2.38 bits per heavy atom. The largest absolute Gasteiger partial charge is 0.481 e. The summed E-state index contributed by atoms with van der Waals surface area (Å²) in [6.45, 7) is 2.96. The lowest BCUT2D eigenvalue weighted by atomic mass is 9.86. The summed E-state index contributed by atoms with van der Waals surface area (Å²) < 4.78 is 0. The average Bonchev–Trinajstić information content (AvgIpc) is 2.25. The molecule has 0 aromatic carbocycles. The van der Waals surface area contributed by atoms with Gasteiger partial charge in [0.2, 0.25) is 0 Å². The lowest BCUT2D eigenvalue weighted by Crippen LogP contribution is -2.51. The van der Waals surface area contributed by atoms with Crippen molar-refractivity contribution >= 4 is 5.97 Å². The van der Waals surface area contributed by atoms with Gasteiger partial charge in [-0.1, -0.05) is 6.92 Å². The summed E-state index contributed by atoms with van der Waals surface area (Å²) in [4.78, 5) is 12.8. The number of hydrogen-bond acceptors (Lipinski definition) is 3. The Morgan fingerprint density at radius 1 is 1.77 bits per heavy atom. The van der Waals surface area contributed by atoms with Gasteiger partial charge in [-0.3, -0.25) is 4.79 Å². The molecular formula is C9H18N2O2. The van der Waals surface area contributed by atoms with Gasteiger partial charge in [0.25, 0.3) is 0 Å². The van der Waals surface area contributed by atoms with Crippen LogP contribution in [-0.2, 0) is 4.79 Å². The van der Waals surface area contributed by atoms with Crippen LogP contribution in [0, 0.1) is 0 Å². The van der Waals surface area contributed by atoms with E-state index in [2.05, 4.69) is 11.8 Å². The molecule has 1 saturated heterocycles. The molecule has 1 aliphatic rings. The molecule has 0 amide bonds. The summed E-state index contributed by atoms with van der Waals surface area (Å²) in [5.74, 6) is -0.795. The van der Waals surface area contributed by atoms with Crippen LogP contribution in [0.5, 0.6) is 0 Å². The maximum absolute atomic E-state index is 10.6. The number of hydrogen-bond donors (Lipinski definition) is 2. The lowest BCUT2D eigenvalue weighted by Gasteiger charge is -2.31. The Hall–Kier alpha value is -0.610. The van der Waals surface area contributed by atoms with Crippen molar-refractivity contribution in [3.63, 3.8) is 0 Å². The Kier molecular flexibility index (Phi) is 2.93. The van der Waals surface area contributed by atoms with Crippen molar-refractivity contribution in [2.45, 2.75) is 37.8 Å². The monoisotopic (exact) mass is 186 g/mol. The number of likely N-dealkylation sites (N-methyl/N-ethyl adjacent to an activating group) is 1. The van der Waals surface area contributed by atoms with E-state index in [1.807, 2.05) is 7.05 Å². The molecule has 0 saturated carbocycles. The second-order valence-electron chi connectivity index (χ2n) is 3.96. The van der Waals surface area contributed by atoms with Gasteiger partial charge in [0.05, 0.1) is 6.42 Å². The normalized spacial score (nSPS) is 35.2. The maximum Gasteiger partial charge on any atom is 0.305 e. The number of rotatable bonds is 3. The highest BCUT2D eigenvalue weighted by Gasteiger charge is 2.43. The van der Waals surface area contributed by atoms with Crippen molar-refractivity contribution in [1.29, 1.82) is 0 Å². The molecule has 0 bridgehead atoms. The number of aliphatic carboxylic acids is 1. The van der Waals surface area contributed by atoms with Crippen LogP contribution >= 0.6 is 0 Å². The fourth-order valence-electron chi connectivity index (χ4n) is 2.35. The van der Waals surface area contributed by atoms with Gasteiger partial charge in [-0.25, -0.2) is 0 Å². The summed E-state index contributed by atoms with van der Waals surface area (Å²) in [7, 11) is 2.00. The molecular weight excluding hydrogens is 168 g/mol.